The number of hydrogen-bond acceptors (Lipinski definition) is 2. The standard InChI is InChI=1S/C9H14O2/c1-2-7-6-9(8(7)3-1)10-4-5-11-9/h7-8H,1-6H2/t7-,8-/m1/s1. The highest BCUT2D eigenvalue weighted by Crippen LogP contribution is 2.57. The molecule has 0 aromatic carbocycles. The Hall–Kier alpha value is -0.0800. The molecule has 0 radical (unpaired) electrons. The Morgan fingerprint density at radius 3 is 2.64 bits per heavy atom. The summed E-state index contributed by atoms with van der Waals surface area (Å²) in [7, 11) is 0. The van der Waals surface area contributed by atoms with E-state index in [9.17, 15) is 0 Å². The van der Waals surface area contributed by atoms with Crippen LogP contribution in [0.25, 0.3) is 0 Å². The van der Waals surface area contributed by atoms with Gasteiger partial charge in [0.15, 0.2) is 5.79 Å². The van der Waals surface area contributed by atoms with E-state index in [0.717, 1.165) is 25.0 Å². The third-order valence-electron chi connectivity index (χ3n) is 3.55. The second-order valence-electron chi connectivity index (χ2n) is 4.01. The second-order valence-corrected chi connectivity index (χ2v) is 4.01. The van der Waals surface area contributed by atoms with Crippen LogP contribution in [0.2, 0.25) is 0 Å². The lowest BCUT2D eigenvalue weighted by Crippen LogP contribution is -2.52. The number of rotatable bonds is 0. The Kier molecular flexibility index (Phi) is 1.16. The fourth-order valence-electron chi connectivity index (χ4n) is 3.02. The van der Waals surface area contributed by atoms with Crippen LogP contribution in [0.15, 0.2) is 0 Å². The van der Waals surface area contributed by atoms with Crippen LogP contribution in [0, 0.1) is 11.8 Å². The maximum Gasteiger partial charge on any atom is 0.171 e. The van der Waals surface area contributed by atoms with Crippen molar-refractivity contribution in [3.8, 4) is 0 Å². The fraction of sp³-hybridized carbons (Fsp3) is 1.00. The molecule has 2 nitrogen and oxygen atoms in total. The molecule has 1 aliphatic heterocycles. The van der Waals surface area contributed by atoms with Gasteiger partial charge >= 0.3 is 0 Å². The molecule has 0 N–H and O–H groups in total. The van der Waals surface area contributed by atoms with Gasteiger partial charge in [-0.05, 0) is 18.8 Å². The van der Waals surface area contributed by atoms with E-state index in [4.69, 9.17) is 9.47 Å². The Balaban J connectivity index is 1.81. The summed E-state index contributed by atoms with van der Waals surface area (Å²) in [5.74, 6) is 1.61. The van der Waals surface area contributed by atoms with E-state index in [-0.39, 0.29) is 5.79 Å². The van der Waals surface area contributed by atoms with Crippen LogP contribution in [0.3, 0.4) is 0 Å². The molecule has 0 bridgehead atoms. The van der Waals surface area contributed by atoms with Crippen molar-refractivity contribution < 1.29 is 9.47 Å². The van der Waals surface area contributed by atoms with E-state index in [1.54, 1.807) is 0 Å². The van der Waals surface area contributed by atoms with Crippen molar-refractivity contribution in [2.24, 2.45) is 11.8 Å². The third-order valence-corrected chi connectivity index (χ3v) is 3.55. The average Bonchev–Trinajstić information content (AvgIpc) is 2.52. The first-order chi connectivity index (χ1) is 5.41. The van der Waals surface area contributed by atoms with Crippen molar-refractivity contribution in [2.75, 3.05) is 13.2 Å². The number of hydrogen-bond donors (Lipinski definition) is 0. The Bertz CT molecular complexity index is 172. The van der Waals surface area contributed by atoms with Crippen molar-refractivity contribution in [1.82, 2.24) is 0 Å². The summed E-state index contributed by atoms with van der Waals surface area (Å²) in [4.78, 5) is 0. The van der Waals surface area contributed by atoms with Crippen LogP contribution in [-0.2, 0) is 9.47 Å². The first-order valence-corrected chi connectivity index (χ1v) is 4.69. The summed E-state index contributed by atoms with van der Waals surface area (Å²) < 4.78 is 11.3. The average molecular weight is 154 g/mol. The van der Waals surface area contributed by atoms with Gasteiger partial charge in [0.1, 0.15) is 0 Å². The predicted molar refractivity (Wildman–Crippen MR) is 40.1 cm³/mol. The molecular formula is C9H14O2. The van der Waals surface area contributed by atoms with E-state index < -0.39 is 0 Å². The van der Waals surface area contributed by atoms with Crippen molar-refractivity contribution in [3.05, 3.63) is 0 Å². The van der Waals surface area contributed by atoms with Crippen LogP contribution in [-0.4, -0.2) is 19.0 Å². The minimum Gasteiger partial charge on any atom is -0.347 e. The van der Waals surface area contributed by atoms with Crippen molar-refractivity contribution >= 4 is 0 Å². The van der Waals surface area contributed by atoms with Gasteiger partial charge in [-0.25, -0.2) is 0 Å². The highest BCUT2D eigenvalue weighted by molar-refractivity contribution is 5.02. The van der Waals surface area contributed by atoms with Crippen molar-refractivity contribution in [2.45, 2.75) is 31.5 Å². The highest BCUT2D eigenvalue weighted by atomic mass is 16.7. The van der Waals surface area contributed by atoms with Gasteiger partial charge in [-0.3, -0.25) is 0 Å². The minimum atomic E-state index is -0.0822. The lowest BCUT2D eigenvalue weighted by atomic mass is 9.70. The van der Waals surface area contributed by atoms with Gasteiger partial charge < -0.3 is 9.47 Å². The van der Waals surface area contributed by atoms with E-state index in [1.807, 2.05) is 0 Å². The molecule has 1 heterocycles. The lowest BCUT2D eigenvalue weighted by Gasteiger charge is -2.47. The van der Waals surface area contributed by atoms with Gasteiger partial charge in [-0.2, -0.15) is 0 Å². The van der Waals surface area contributed by atoms with E-state index >= 15 is 0 Å². The lowest BCUT2D eigenvalue weighted by molar-refractivity contribution is -0.267. The van der Waals surface area contributed by atoms with Crippen LogP contribution in [0.4, 0.5) is 0 Å². The van der Waals surface area contributed by atoms with Gasteiger partial charge in [0, 0.05) is 12.3 Å². The Labute approximate surface area is 66.9 Å². The molecule has 11 heavy (non-hydrogen) atoms. The molecule has 62 valence electrons. The molecular weight excluding hydrogens is 140 g/mol. The van der Waals surface area contributed by atoms with Gasteiger partial charge in [0.05, 0.1) is 13.2 Å². The summed E-state index contributed by atoms with van der Waals surface area (Å²) >= 11 is 0. The molecule has 2 saturated carbocycles. The zero-order chi connectivity index (χ0) is 7.31. The normalized spacial score (nSPS) is 45.8. The highest BCUT2D eigenvalue weighted by Gasteiger charge is 2.59. The molecule has 2 atom stereocenters. The molecule has 2 heteroatoms. The molecule has 0 amide bonds. The van der Waals surface area contributed by atoms with Gasteiger partial charge in [0.2, 0.25) is 0 Å². The SMILES string of the molecule is C1C[C@@H]2CC3(OCCO3)[C@@H]2C1. The maximum atomic E-state index is 5.67. The molecule has 2 aliphatic carbocycles. The Morgan fingerprint density at radius 1 is 1.09 bits per heavy atom. The first-order valence-electron chi connectivity index (χ1n) is 4.69. The molecule has 0 aromatic heterocycles. The van der Waals surface area contributed by atoms with E-state index in [0.29, 0.717) is 0 Å². The molecule has 3 aliphatic rings. The largest absolute Gasteiger partial charge is 0.347 e. The maximum absolute atomic E-state index is 5.67. The fourth-order valence-corrected chi connectivity index (χ4v) is 3.02. The molecule has 0 unspecified atom stereocenters. The predicted octanol–water partition coefficient (Wildman–Crippen LogP) is 1.55. The summed E-state index contributed by atoms with van der Waals surface area (Å²) in [5, 5.41) is 0. The van der Waals surface area contributed by atoms with Gasteiger partial charge in [0.25, 0.3) is 0 Å². The Morgan fingerprint density at radius 2 is 1.91 bits per heavy atom. The quantitative estimate of drug-likeness (QED) is 0.527. The second kappa shape index (κ2) is 1.99. The summed E-state index contributed by atoms with van der Waals surface area (Å²) in [6.07, 6.45) is 5.32. The van der Waals surface area contributed by atoms with Crippen LogP contribution in [0.1, 0.15) is 25.7 Å². The smallest absolute Gasteiger partial charge is 0.171 e. The summed E-state index contributed by atoms with van der Waals surface area (Å²) in [5.41, 5.74) is 0. The van der Waals surface area contributed by atoms with Gasteiger partial charge in [-0.15, -0.1) is 0 Å². The monoisotopic (exact) mass is 154 g/mol. The van der Waals surface area contributed by atoms with Gasteiger partial charge in [-0.1, -0.05) is 6.42 Å². The van der Waals surface area contributed by atoms with Crippen LogP contribution in [0.5, 0.6) is 0 Å². The molecule has 3 rings (SSSR count). The van der Waals surface area contributed by atoms with Crippen LogP contribution >= 0.6 is 0 Å². The molecule has 3 fully saturated rings. The minimum absolute atomic E-state index is 0.0822. The zero-order valence-electron chi connectivity index (χ0n) is 6.71. The number of ether oxygens (including phenoxy) is 2. The zero-order valence-corrected chi connectivity index (χ0v) is 6.71. The first kappa shape index (κ1) is 6.44. The number of fused-ring (bicyclic) bond motifs is 2. The van der Waals surface area contributed by atoms with Crippen molar-refractivity contribution in [1.29, 1.82) is 0 Å². The topological polar surface area (TPSA) is 18.5 Å². The molecule has 0 aromatic rings. The van der Waals surface area contributed by atoms with Crippen molar-refractivity contribution in [3.63, 3.8) is 0 Å². The molecule has 1 spiro atoms. The third kappa shape index (κ3) is 0.695. The van der Waals surface area contributed by atoms with Crippen LogP contribution < -0.4 is 0 Å². The summed E-state index contributed by atoms with van der Waals surface area (Å²) in [6, 6.07) is 0. The summed E-state index contributed by atoms with van der Waals surface area (Å²) in [6.45, 7) is 1.65. The molecule has 1 saturated heterocycles. The van der Waals surface area contributed by atoms with E-state index in [1.165, 1.54) is 25.7 Å². The van der Waals surface area contributed by atoms with E-state index in [2.05, 4.69) is 0 Å².